The van der Waals surface area contributed by atoms with Crippen molar-refractivity contribution < 1.29 is 13.2 Å². The van der Waals surface area contributed by atoms with Gasteiger partial charge in [0.05, 0.1) is 0 Å². The van der Waals surface area contributed by atoms with Gasteiger partial charge in [-0.25, -0.2) is 0 Å². The first-order chi connectivity index (χ1) is 12.2. The molecular formula is C19H25N3O3S. The molecule has 0 aliphatic carbocycles. The average Bonchev–Trinajstić information content (AvgIpc) is 2.56. The standard InChI is InChI=1S/C19H25N3O3S/c1-14(2)13-15-5-9-17(10-6-15)20-19(23)16-7-11-18(12-8-16)21-26(24,25)22(3)4/h5-12,14,21H,13H2,1-4H3,(H,20,23). The number of hydrogen-bond acceptors (Lipinski definition) is 3. The quantitative estimate of drug-likeness (QED) is 0.779. The van der Waals surface area contributed by atoms with Crippen molar-refractivity contribution in [2.45, 2.75) is 20.3 Å². The number of nitrogens with one attached hydrogen (secondary N) is 2. The molecule has 0 radical (unpaired) electrons. The van der Waals surface area contributed by atoms with E-state index in [1.807, 2.05) is 24.3 Å². The van der Waals surface area contributed by atoms with E-state index in [1.165, 1.54) is 19.7 Å². The molecule has 0 aromatic heterocycles. The summed E-state index contributed by atoms with van der Waals surface area (Å²) in [4.78, 5) is 12.3. The first kappa shape index (κ1) is 19.9. The summed E-state index contributed by atoms with van der Waals surface area (Å²) in [5, 5.41) is 2.84. The van der Waals surface area contributed by atoms with Gasteiger partial charge in [0.15, 0.2) is 0 Å². The summed E-state index contributed by atoms with van der Waals surface area (Å²) in [7, 11) is -0.681. The van der Waals surface area contributed by atoms with E-state index in [2.05, 4.69) is 23.9 Å². The number of hydrogen-bond donors (Lipinski definition) is 2. The molecule has 0 atom stereocenters. The van der Waals surface area contributed by atoms with Gasteiger partial charge in [0.2, 0.25) is 0 Å². The van der Waals surface area contributed by atoms with Crippen molar-refractivity contribution in [2.24, 2.45) is 5.92 Å². The second-order valence-electron chi connectivity index (χ2n) is 6.72. The first-order valence-corrected chi connectivity index (χ1v) is 9.82. The zero-order valence-corrected chi connectivity index (χ0v) is 16.3. The average molecular weight is 375 g/mol. The van der Waals surface area contributed by atoms with Crippen molar-refractivity contribution in [2.75, 3.05) is 24.1 Å². The predicted octanol–water partition coefficient (Wildman–Crippen LogP) is 3.36. The molecule has 0 bridgehead atoms. The van der Waals surface area contributed by atoms with Gasteiger partial charge in [0.1, 0.15) is 0 Å². The van der Waals surface area contributed by atoms with E-state index < -0.39 is 10.2 Å². The Hall–Kier alpha value is -2.38. The number of benzene rings is 2. The van der Waals surface area contributed by atoms with Crippen LogP contribution < -0.4 is 10.0 Å². The van der Waals surface area contributed by atoms with Crippen molar-refractivity contribution in [1.29, 1.82) is 0 Å². The summed E-state index contributed by atoms with van der Waals surface area (Å²) >= 11 is 0. The molecule has 0 aliphatic heterocycles. The van der Waals surface area contributed by atoms with Crippen molar-refractivity contribution >= 4 is 27.5 Å². The molecule has 140 valence electrons. The first-order valence-electron chi connectivity index (χ1n) is 8.38. The van der Waals surface area contributed by atoms with Gasteiger partial charge in [-0.05, 0) is 54.3 Å². The molecule has 0 spiro atoms. The number of anilines is 2. The maximum absolute atomic E-state index is 12.3. The number of rotatable bonds is 7. The highest BCUT2D eigenvalue weighted by molar-refractivity contribution is 7.90. The minimum absolute atomic E-state index is 0.247. The Labute approximate surface area is 155 Å². The molecule has 7 heteroatoms. The largest absolute Gasteiger partial charge is 0.322 e. The number of nitrogens with zero attached hydrogens (tertiary/aromatic N) is 1. The lowest BCUT2D eigenvalue weighted by Gasteiger charge is -2.13. The lowest BCUT2D eigenvalue weighted by atomic mass is 10.0. The van der Waals surface area contributed by atoms with Crippen LogP contribution in [0.15, 0.2) is 48.5 Å². The molecule has 2 aromatic rings. The Balaban J connectivity index is 2.01. The lowest BCUT2D eigenvalue weighted by molar-refractivity contribution is 0.102. The molecule has 0 unspecified atom stereocenters. The molecule has 0 heterocycles. The molecule has 0 saturated heterocycles. The van der Waals surface area contributed by atoms with Gasteiger partial charge in [-0.15, -0.1) is 0 Å². The highest BCUT2D eigenvalue weighted by atomic mass is 32.2. The number of carbonyl (C=O) groups is 1. The maximum atomic E-state index is 12.3. The van der Waals surface area contributed by atoms with Crippen LogP contribution in [0.2, 0.25) is 0 Å². The topological polar surface area (TPSA) is 78.5 Å². The summed E-state index contributed by atoms with van der Waals surface area (Å²) in [6, 6.07) is 14.1. The van der Waals surface area contributed by atoms with Gasteiger partial charge in [-0.3, -0.25) is 9.52 Å². The van der Waals surface area contributed by atoms with Gasteiger partial charge in [-0.2, -0.15) is 12.7 Å². The van der Waals surface area contributed by atoms with Gasteiger partial charge in [-0.1, -0.05) is 26.0 Å². The molecule has 2 rings (SSSR count). The smallest absolute Gasteiger partial charge is 0.301 e. The Morgan fingerprint density at radius 3 is 2.00 bits per heavy atom. The molecule has 2 N–H and O–H groups in total. The Morgan fingerprint density at radius 1 is 0.962 bits per heavy atom. The normalized spacial score (nSPS) is 11.6. The Morgan fingerprint density at radius 2 is 1.50 bits per heavy atom. The zero-order valence-electron chi connectivity index (χ0n) is 15.5. The SMILES string of the molecule is CC(C)Cc1ccc(NC(=O)c2ccc(NS(=O)(=O)N(C)C)cc2)cc1. The van der Waals surface area contributed by atoms with E-state index >= 15 is 0 Å². The van der Waals surface area contributed by atoms with E-state index in [1.54, 1.807) is 24.3 Å². The van der Waals surface area contributed by atoms with E-state index in [4.69, 9.17) is 0 Å². The highest BCUT2D eigenvalue weighted by Crippen LogP contribution is 2.16. The molecule has 0 saturated carbocycles. The van der Waals surface area contributed by atoms with Crippen molar-refractivity contribution in [3.63, 3.8) is 0 Å². The summed E-state index contributed by atoms with van der Waals surface area (Å²) in [6.07, 6.45) is 0.999. The van der Waals surface area contributed by atoms with Gasteiger partial charge in [0, 0.05) is 31.0 Å². The molecule has 2 aromatic carbocycles. The van der Waals surface area contributed by atoms with Gasteiger partial charge in [0.25, 0.3) is 5.91 Å². The maximum Gasteiger partial charge on any atom is 0.301 e. The number of carbonyl (C=O) groups excluding carboxylic acids is 1. The fourth-order valence-corrected chi connectivity index (χ4v) is 2.95. The van der Waals surface area contributed by atoms with Crippen LogP contribution in [0, 0.1) is 5.92 Å². The van der Waals surface area contributed by atoms with Crippen LogP contribution in [-0.4, -0.2) is 32.7 Å². The van der Waals surface area contributed by atoms with Crippen molar-refractivity contribution in [3.05, 3.63) is 59.7 Å². The van der Waals surface area contributed by atoms with Crippen LogP contribution in [0.4, 0.5) is 11.4 Å². The summed E-state index contributed by atoms with van der Waals surface area (Å²) < 4.78 is 27.1. The minimum Gasteiger partial charge on any atom is -0.322 e. The molecule has 26 heavy (non-hydrogen) atoms. The molecular weight excluding hydrogens is 350 g/mol. The fourth-order valence-electron chi connectivity index (χ4n) is 2.33. The highest BCUT2D eigenvalue weighted by Gasteiger charge is 2.13. The Bertz CT molecular complexity index is 843. The van der Waals surface area contributed by atoms with Crippen molar-refractivity contribution in [1.82, 2.24) is 4.31 Å². The summed E-state index contributed by atoms with van der Waals surface area (Å²) in [5.74, 6) is 0.336. The Kier molecular flexibility index (Phi) is 6.39. The van der Waals surface area contributed by atoms with Crippen LogP contribution in [0.1, 0.15) is 29.8 Å². The monoisotopic (exact) mass is 375 g/mol. The summed E-state index contributed by atoms with van der Waals surface area (Å²) in [5.41, 5.74) is 2.80. The molecule has 0 fully saturated rings. The second kappa shape index (κ2) is 8.33. The molecule has 0 aliphatic rings. The lowest BCUT2D eigenvalue weighted by Crippen LogP contribution is -2.28. The van der Waals surface area contributed by atoms with Gasteiger partial charge < -0.3 is 5.32 Å². The third-order valence-corrected chi connectivity index (χ3v) is 5.19. The summed E-state index contributed by atoms with van der Waals surface area (Å²) in [6.45, 7) is 4.33. The van der Waals surface area contributed by atoms with Crippen molar-refractivity contribution in [3.8, 4) is 0 Å². The van der Waals surface area contributed by atoms with Crippen LogP contribution in [0.3, 0.4) is 0 Å². The van der Waals surface area contributed by atoms with E-state index in [0.717, 1.165) is 16.4 Å². The van der Waals surface area contributed by atoms with Gasteiger partial charge >= 0.3 is 10.2 Å². The van der Waals surface area contributed by atoms with E-state index in [0.29, 0.717) is 17.2 Å². The molecule has 1 amide bonds. The second-order valence-corrected chi connectivity index (χ2v) is 8.60. The minimum atomic E-state index is -3.56. The van der Waals surface area contributed by atoms with Crippen LogP contribution in [-0.2, 0) is 16.6 Å². The van der Waals surface area contributed by atoms with Crippen LogP contribution in [0.5, 0.6) is 0 Å². The number of amides is 1. The molecule has 6 nitrogen and oxygen atoms in total. The van der Waals surface area contributed by atoms with Crippen LogP contribution >= 0.6 is 0 Å². The van der Waals surface area contributed by atoms with Crippen LogP contribution in [0.25, 0.3) is 0 Å². The van der Waals surface area contributed by atoms with E-state index in [-0.39, 0.29) is 5.91 Å². The van der Waals surface area contributed by atoms with E-state index in [9.17, 15) is 13.2 Å². The predicted molar refractivity (Wildman–Crippen MR) is 106 cm³/mol. The zero-order chi connectivity index (χ0) is 19.3. The third kappa shape index (κ3) is 5.57. The fraction of sp³-hybridized carbons (Fsp3) is 0.316. The third-order valence-electron chi connectivity index (χ3n) is 3.73.